The number of rotatable bonds is 3. The second-order valence-electron chi connectivity index (χ2n) is 3.32. The first kappa shape index (κ1) is 10.6. The number of aromatic nitrogens is 2. The molecule has 1 rings (SSSR count). The third-order valence-electron chi connectivity index (χ3n) is 1.99. The van der Waals surface area contributed by atoms with Gasteiger partial charge in [0.25, 0.3) is 0 Å². The second-order valence-corrected chi connectivity index (χ2v) is 3.32. The summed E-state index contributed by atoms with van der Waals surface area (Å²) in [5, 5.41) is 6.84. The van der Waals surface area contributed by atoms with Crippen molar-refractivity contribution in [2.24, 2.45) is 7.05 Å². The Labute approximate surface area is 83.7 Å². The monoisotopic (exact) mass is 196 g/mol. The molecule has 5 nitrogen and oxygen atoms in total. The number of nitrogens with one attached hydrogen (secondary N) is 1. The number of hydrogen-bond acceptors (Lipinski definition) is 2. The van der Waals surface area contributed by atoms with Gasteiger partial charge in [0.1, 0.15) is 0 Å². The maximum atomic E-state index is 11.1. The molecule has 0 aliphatic heterocycles. The number of nitrogens with zero attached hydrogens (tertiary/aromatic N) is 3. The molecule has 5 heteroatoms. The molecule has 0 aliphatic carbocycles. The standard InChI is InChI=1S/C9H16N4O/c1-12(2)9(14)10-6-4-8-5-7-11-13(8)3/h5,7H,4,6H2,1-3H3,(H,10,14). The van der Waals surface area contributed by atoms with Gasteiger partial charge in [0.15, 0.2) is 0 Å². The van der Waals surface area contributed by atoms with Gasteiger partial charge >= 0.3 is 6.03 Å². The fraction of sp³-hybridized carbons (Fsp3) is 0.556. The van der Waals surface area contributed by atoms with E-state index in [9.17, 15) is 4.79 Å². The fourth-order valence-corrected chi connectivity index (χ4v) is 1.10. The molecule has 0 aliphatic rings. The highest BCUT2D eigenvalue weighted by atomic mass is 16.2. The highest BCUT2D eigenvalue weighted by molar-refractivity contribution is 5.73. The van der Waals surface area contributed by atoms with E-state index in [1.165, 1.54) is 4.90 Å². The zero-order valence-electron chi connectivity index (χ0n) is 8.82. The number of urea groups is 1. The molecule has 0 fully saturated rings. The summed E-state index contributed by atoms with van der Waals surface area (Å²) in [6, 6.07) is 1.88. The number of carbonyl (C=O) groups is 1. The molecule has 0 aromatic carbocycles. The zero-order chi connectivity index (χ0) is 10.6. The molecule has 1 aromatic heterocycles. The molecule has 0 atom stereocenters. The first-order valence-corrected chi connectivity index (χ1v) is 4.53. The minimum Gasteiger partial charge on any atom is -0.338 e. The Morgan fingerprint density at radius 2 is 2.36 bits per heavy atom. The van der Waals surface area contributed by atoms with Gasteiger partial charge in [-0.15, -0.1) is 0 Å². The van der Waals surface area contributed by atoms with Crippen molar-refractivity contribution in [1.82, 2.24) is 20.0 Å². The van der Waals surface area contributed by atoms with Crippen molar-refractivity contribution in [2.75, 3.05) is 20.6 Å². The average Bonchev–Trinajstić information content (AvgIpc) is 2.51. The van der Waals surface area contributed by atoms with Gasteiger partial charge in [-0.05, 0) is 6.07 Å². The summed E-state index contributed by atoms with van der Waals surface area (Å²) in [6.45, 7) is 0.635. The van der Waals surface area contributed by atoms with Gasteiger partial charge in [0.2, 0.25) is 0 Å². The summed E-state index contributed by atoms with van der Waals surface area (Å²) in [6.07, 6.45) is 2.55. The van der Waals surface area contributed by atoms with Crippen molar-refractivity contribution in [2.45, 2.75) is 6.42 Å². The number of carbonyl (C=O) groups excluding carboxylic acids is 1. The summed E-state index contributed by atoms with van der Waals surface area (Å²) in [5.41, 5.74) is 1.11. The highest BCUT2D eigenvalue weighted by Crippen LogP contribution is 1.95. The van der Waals surface area contributed by atoms with Crippen LogP contribution in [0.15, 0.2) is 12.3 Å². The quantitative estimate of drug-likeness (QED) is 0.752. The molecule has 0 bridgehead atoms. The van der Waals surface area contributed by atoms with Crippen molar-refractivity contribution >= 4 is 6.03 Å². The minimum atomic E-state index is -0.0628. The Bertz CT molecular complexity index is 306. The molecule has 1 N–H and O–H groups in total. The van der Waals surface area contributed by atoms with Crippen LogP contribution in [0, 0.1) is 0 Å². The van der Waals surface area contributed by atoms with E-state index in [1.54, 1.807) is 20.3 Å². The summed E-state index contributed by atoms with van der Waals surface area (Å²) in [5.74, 6) is 0. The fourth-order valence-electron chi connectivity index (χ4n) is 1.10. The van der Waals surface area contributed by atoms with E-state index in [0.29, 0.717) is 6.54 Å². The van der Waals surface area contributed by atoms with Crippen molar-refractivity contribution in [3.63, 3.8) is 0 Å². The van der Waals surface area contributed by atoms with E-state index >= 15 is 0 Å². The van der Waals surface area contributed by atoms with Gasteiger partial charge in [-0.3, -0.25) is 4.68 Å². The SMILES string of the molecule is CN(C)C(=O)NCCc1ccnn1C. The van der Waals surface area contributed by atoms with Gasteiger partial charge < -0.3 is 10.2 Å². The van der Waals surface area contributed by atoms with Crippen LogP contribution in [0.5, 0.6) is 0 Å². The lowest BCUT2D eigenvalue weighted by Gasteiger charge is -2.11. The topological polar surface area (TPSA) is 50.2 Å². The van der Waals surface area contributed by atoms with Gasteiger partial charge in [-0.25, -0.2) is 4.79 Å². The molecule has 2 amide bonds. The Morgan fingerprint density at radius 3 is 2.86 bits per heavy atom. The van der Waals surface area contributed by atoms with Gasteiger partial charge in [-0.1, -0.05) is 0 Å². The van der Waals surface area contributed by atoms with E-state index in [2.05, 4.69) is 10.4 Å². The molecular formula is C9H16N4O. The summed E-state index contributed by atoms with van der Waals surface area (Å²) < 4.78 is 1.81. The zero-order valence-corrected chi connectivity index (χ0v) is 8.82. The van der Waals surface area contributed by atoms with Crippen LogP contribution in [-0.2, 0) is 13.5 Å². The molecule has 0 saturated carbocycles. The van der Waals surface area contributed by atoms with E-state index in [1.807, 2.05) is 17.8 Å². The predicted octanol–water partition coefficient (Wildman–Crippen LogP) is 0.234. The van der Waals surface area contributed by atoms with Crippen LogP contribution in [0.1, 0.15) is 5.69 Å². The molecule has 78 valence electrons. The Kier molecular flexibility index (Phi) is 3.50. The molecule has 0 saturated heterocycles. The minimum absolute atomic E-state index is 0.0628. The lowest BCUT2D eigenvalue weighted by Crippen LogP contribution is -2.35. The Morgan fingerprint density at radius 1 is 1.64 bits per heavy atom. The third kappa shape index (κ3) is 2.76. The van der Waals surface area contributed by atoms with Crippen molar-refractivity contribution in [3.05, 3.63) is 18.0 Å². The Balaban J connectivity index is 2.29. The maximum absolute atomic E-state index is 11.1. The number of amides is 2. The van der Waals surface area contributed by atoms with Crippen LogP contribution in [0.25, 0.3) is 0 Å². The van der Waals surface area contributed by atoms with Crippen LogP contribution in [0.3, 0.4) is 0 Å². The average molecular weight is 196 g/mol. The molecule has 0 radical (unpaired) electrons. The van der Waals surface area contributed by atoms with Crippen LogP contribution in [0.2, 0.25) is 0 Å². The highest BCUT2D eigenvalue weighted by Gasteiger charge is 2.02. The largest absolute Gasteiger partial charge is 0.338 e. The molecule has 14 heavy (non-hydrogen) atoms. The molecule has 0 spiro atoms. The first-order chi connectivity index (χ1) is 6.61. The van der Waals surface area contributed by atoms with Crippen LogP contribution < -0.4 is 5.32 Å². The van der Waals surface area contributed by atoms with Crippen LogP contribution in [0.4, 0.5) is 4.79 Å². The summed E-state index contributed by atoms with van der Waals surface area (Å²) in [4.78, 5) is 12.7. The molecule has 1 aromatic rings. The lowest BCUT2D eigenvalue weighted by atomic mass is 10.3. The first-order valence-electron chi connectivity index (χ1n) is 4.53. The van der Waals surface area contributed by atoms with Crippen molar-refractivity contribution in [1.29, 1.82) is 0 Å². The van der Waals surface area contributed by atoms with Gasteiger partial charge in [-0.2, -0.15) is 5.10 Å². The van der Waals surface area contributed by atoms with Crippen molar-refractivity contribution in [3.8, 4) is 0 Å². The summed E-state index contributed by atoms with van der Waals surface area (Å²) in [7, 11) is 5.34. The summed E-state index contributed by atoms with van der Waals surface area (Å²) >= 11 is 0. The van der Waals surface area contributed by atoms with E-state index in [0.717, 1.165) is 12.1 Å². The number of aryl methyl sites for hydroxylation is 1. The molecule has 0 unspecified atom stereocenters. The van der Waals surface area contributed by atoms with E-state index < -0.39 is 0 Å². The maximum Gasteiger partial charge on any atom is 0.316 e. The Hall–Kier alpha value is -1.52. The van der Waals surface area contributed by atoms with Crippen LogP contribution in [-0.4, -0.2) is 41.4 Å². The van der Waals surface area contributed by atoms with Gasteiger partial charge in [0, 0.05) is 46.0 Å². The van der Waals surface area contributed by atoms with Crippen molar-refractivity contribution < 1.29 is 4.79 Å². The predicted molar refractivity (Wildman–Crippen MR) is 54.0 cm³/mol. The lowest BCUT2D eigenvalue weighted by molar-refractivity contribution is 0.217. The van der Waals surface area contributed by atoms with Gasteiger partial charge in [0.05, 0.1) is 0 Å². The normalized spacial score (nSPS) is 9.93. The molecular weight excluding hydrogens is 180 g/mol. The van der Waals surface area contributed by atoms with E-state index in [4.69, 9.17) is 0 Å². The second kappa shape index (κ2) is 4.64. The molecule has 1 heterocycles. The van der Waals surface area contributed by atoms with E-state index in [-0.39, 0.29) is 6.03 Å². The third-order valence-corrected chi connectivity index (χ3v) is 1.99. The number of hydrogen-bond donors (Lipinski definition) is 1. The van der Waals surface area contributed by atoms with Crippen LogP contribution >= 0.6 is 0 Å². The smallest absolute Gasteiger partial charge is 0.316 e.